The molecule has 1 aliphatic heterocycles. The number of hydrogen-bond acceptors (Lipinski definition) is 6. The molecule has 0 radical (unpaired) electrons. The highest BCUT2D eigenvalue weighted by molar-refractivity contribution is 5.41. The van der Waals surface area contributed by atoms with Crippen molar-refractivity contribution in [1.82, 2.24) is 19.9 Å². The van der Waals surface area contributed by atoms with Crippen molar-refractivity contribution in [3.63, 3.8) is 0 Å². The highest BCUT2D eigenvalue weighted by atomic mass is 15.3. The van der Waals surface area contributed by atoms with E-state index in [-0.39, 0.29) is 0 Å². The molecule has 2 aromatic heterocycles. The SMILES string of the molecule is Cc1cc(C)nc(N2CCCC(Cc3nccnc3N(C)C)C2)n1. The zero-order chi connectivity index (χ0) is 17.1. The lowest BCUT2D eigenvalue weighted by Gasteiger charge is -2.33. The molecule has 6 nitrogen and oxygen atoms in total. The molecule has 0 spiro atoms. The van der Waals surface area contributed by atoms with E-state index in [0.29, 0.717) is 5.92 Å². The Balaban J connectivity index is 1.74. The van der Waals surface area contributed by atoms with Crippen molar-refractivity contribution in [2.24, 2.45) is 5.92 Å². The summed E-state index contributed by atoms with van der Waals surface area (Å²) >= 11 is 0. The fraction of sp³-hybridized carbons (Fsp3) is 0.556. The average Bonchev–Trinajstić information content (AvgIpc) is 2.54. The smallest absolute Gasteiger partial charge is 0.225 e. The predicted molar refractivity (Wildman–Crippen MR) is 96.5 cm³/mol. The summed E-state index contributed by atoms with van der Waals surface area (Å²) in [5.74, 6) is 2.39. The standard InChI is InChI=1S/C18H26N6/c1-13-10-14(2)22-18(21-13)24-9-5-6-15(12-24)11-16-17(23(3)4)20-8-7-19-16/h7-8,10,15H,5-6,9,11-12H2,1-4H3. The van der Waals surface area contributed by atoms with Crippen molar-refractivity contribution in [3.05, 3.63) is 35.5 Å². The van der Waals surface area contributed by atoms with Gasteiger partial charge < -0.3 is 9.80 Å². The van der Waals surface area contributed by atoms with E-state index in [9.17, 15) is 0 Å². The lowest BCUT2D eigenvalue weighted by Crippen LogP contribution is -2.37. The zero-order valence-corrected chi connectivity index (χ0v) is 15.0. The molecule has 1 aliphatic rings. The van der Waals surface area contributed by atoms with Gasteiger partial charge in [-0.3, -0.25) is 4.98 Å². The Bertz CT molecular complexity index is 679. The van der Waals surface area contributed by atoms with Gasteiger partial charge in [-0.2, -0.15) is 0 Å². The Morgan fingerprint density at radius 2 is 1.83 bits per heavy atom. The fourth-order valence-electron chi connectivity index (χ4n) is 3.41. The van der Waals surface area contributed by atoms with Crippen LogP contribution in [0.25, 0.3) is 0 Å². The molecule has 6 heteroatoms. The molecule has 3 rings (SSSR count). The Morgan fingerprint density at radius 1 is 1.12 bits per heavy atom. The molecule has 1 unspecified atom stereocenters. The van der Waals surface area contributed by atoms with Crippen LogP contribution in [0.15, 0.2) is 18.5 Å². The van der Waals surface area contributed by atoms with E-state index in [4.69, 9.17) is 0 Å². The summed E-state index contributed by atoms with van der Waals surface area (Å²) in [6.45, 7) is 6.07. The van der Waals surface area contributed by atoms with Gasteiger partial charge in [-0.1, -0.05) is 0 Å². The molecule has 1 fully saturated rings. The summed E-state index contributed by atoms with van der Waals surface area (Å²) in [6.07, 6.45) is 6.87. The van der Waals surface area contributed by atoms with Crippen LogP contribution in [0.3, 0.4) is 0 Å². The number of piperidine rings is 1. The average molecular weight is 326 g/mol. The van der Waals surface area contributed by atoms with Crippen molar-refractivity contribution < 1.29 is 0 Å². The fourth-order valence-corrected chi connectivity index (χ4v) is 3.41. The number of anilines is 2. The van der Waals surface area contributed by atoms with E-state index in [2.05, 4.69) is 24.8 Å². The van der Waals surface area contributed by atoms with Crippen LogP contribution in [0.5, 0.6) is 0 Å². The first-order valence-corrected chi connectivity index (χ1v) is 8.57. The summed E-state index contributed by atoms with van der Waals surface area (Å²) in [4.78, 5) is 22.6. The Kier molecular flexibility index (Phi) is 4.92. The van der Waals surface area contributed by atoms with Gasteiger partial charge in [0.05, 0.1) is 5.69 Å². The summed E-state index contributed by atoms with van der Waals surface area (Å²) < 4.78 is 0. The summed E-state index contributed by atoms with van der Waals surface area (Å²) in [5, 5.41) is 0. The number of aromatic nitrogens is 4. The molecule has 0 N–H and O–H groups in total. The van der Waals surface area contributed by atoms with Gasteiger partial charge in [0.15, 0.2) is 0 Å². The van der Waals surface area contributed by atoms with Gasteiger partial charge in [-0.15, -0.1) is 0 Å². The normalized spacial score (nSPS) is 17.8. The Hall–Kier alpha value is -2.24. The lowest BCUT2D eigenvalue weighted by atomic mass is 9.93. The van der Waals surface area contributed by atoms with Gasteiger partial charge in [-0.25, -0.2) is 15.0 Å². The van der Waals surface area contributed by atoms with Crippen molar-refractivity contribution >= 4 is 11.8 Å². The number of aryl methyl sites for hydroxylation is 2. The van der Waals surface area contributed by atoms with Crippen LogP contribution in [0.2, 0.25) is 0 Å². The van der Waals surface area contributed by atoms with Crippen LogP contribution in [-0.4, -0.2) is 47.1 Å². The minimum absolute atomic E-state index is 0.554. The van der Waals surface area contributed by atoms with Crippen LogP contribution in [0, 0.1) is 19.8 Å². The van der Waals surface area contributed by atoms with Crippen LogP contribution in [0.1, 0.15) is 29.9 Å². The van der Waals surface area contributed by atoms with Crippen molar-refractivity contribution in [2.75, 3.05) is 37.0 Å². The Morgan fingerprint density at radius 3 is 2.54 bits per heavy atom. The van der Waals surface area contributed by atoms with Crippen LogP contribution in [0.4, 0.5) is 11.8 Å². The second-order valence-electron chi connectivity index (χ2n) is 6.83. The topological polar surface area (TPSA) is 58.0 Å². The number of nitrogens with zero attached hydrogens (tertiary/aromatic N) is 6. The maximum atomic E-state index is 4.62. The third kappa shape index (κ3) is 3.80. The first-order valence-electron chi connectivity index (χ1n) is 8.57. The van der Waals surface area contributed by atoms with E-state index >= 15 is 0 Å². The summed E-state index contributed by atoms with van der Waals surface area (Å²) in [5.41, 5.74) is 3.14. The van der Waals surface area contributed by atoms with Gasteiger partial charge in [0.25, 0.3) is 0 Å². The maximum absolute atomic E-state index is 4.62. The molecule has 0 bridgehead atoms. The highest BCUT2D eigenvalue weighted by Gasteiger charge is 2.24. The summed E-state index contributed by atoms with van der Waals surface area (Å²) in [7, 11) is 4.04. The molecule has 128 valence electrons. The first kappa shape index (κ1) is 16.6. The highest BCUT2D eigenvalue weighted by Crippen LogP contribution is 2.25. The van der Waals surface area contributed by atoms with Gasteiger partial charge in [0.1, 0.15) is 5.82 Å². The van der Waals surface area contributed by atoms with Crippen molar-refractivity contribution in [3.8, 4) is 0 Å². The molecule has 2 aromatic rings. The molecule has 0 aromatic carbocycles. The van der Waals surface area contributed by atoms with E-state index in [1.165, 1.54) is 12.8 Å². The van der Waals surface area contributed by atoms with Gasteiger partial charge in [-0.05, 0) is 45.1 Å². The van der Waals surface area contributed by atoms with Crippen molar-refractivity contribution in [1.29, 1.82) is 0 Å². The molecule has 1 atom stereocenters. The van der Waals surface area contributed by atoms with Crippen molar-refractivity contribution in [2.45, 2.75) is 33.1 Å². The minimum atomic E-state index is 0.554. The third-order valence-electron chi connectivity index (χ3n) is 4.43. The molecule has 24 heavy (non-hydrogen) atoms. The number of hydrogen-bond donors (Lipinski definition) is 0. The van der Waals surface area contributed by atoms with E-state index < -0.39 is 0 Å². The zero-order valence-electron chi connectivity index (χ0n) is 15.0. The second-order valence-corrected chi connectivity index (χ2v) is 6.83. The second kappa shape index (κ2) is 7.11. The van der Waals surface area contributed by atoms with Gasteiger partial charge in [0.2, 0.25) is 5.95 Å². The molecule has 0 saturated carbocycles. The van der Waals surface area contributed by atoms with Crippen LogP contribution in [-0.2, 0) is 6.42 Å². The lowest BCUT2D eigenvalue weighted by molar-refractivity contribution is 0.405. The molecule has 0 amide bonds. The van der Waals surface area contributed by atoms with E-state index in [0.717, 1.165) is 48.4 Å². The summed E-state index contributed by atoms with van der Waals surface area (Å²) in [6, 6.07) is 2.02. The quantitative estimate of drug-likeness (QED) is 0.860. The molecule has 3 heterocycles. The van der Waals surface area contributed by atoms with Crippen LogP contribution < -0.4 is 9.80 Å². The van der Waals surface area contributed by atoms with E-state index in [1.807, 2.05) is 38.9 Å². The molecule has 0 aliphatic carbocycles. The minimum Gasteiger partial charge on any atom is -0.361 e. The van der Waals surface area contributed by atoms with Crippen LogP contribution >= 0.6 is 0 Å². The molecular weight excluding hydrogens is 300 g/mol. The van der Waals surface area contributed by atoms with Gasteiger partial charge >= 0.3 is 0 Å². The number of rotatable bonds is 4. The van der Waals surface area contributed by atoms with E-state index in [1.54, 1.807) is 12.4 Å². The predicted octanol–water partition coefficient (Wildman–Crippen LogP) is 2.41. The Labute approximate surface area is 144 Å². The molecule has 1 saturated heterocycles. The first-order chi connectivity index (χ1) is 11.5. The monoisotopic (exact) mass is 326 g/mol. The largest absolute Gasteiger partial charge is 0.361 e. The molecular formula is C18H26N6. The van der Waals surface area contributed by atoms with Gasteiger partial charge in [0, 0.05) is 51.0 Å². The third-order valence-corrected chi connectivity index (χ3v) is 4.43. The maximum Gasteiger partial charge on any atom is 0.225 e.